The molecule has 2 aliphatic rings. The Labute approximate surface area is 180 Å². The number of rotatable bonds is 7. The summed E-state index contributed by atoms with van der Waals surface area (Å²) in [6.07, 6.45) is 10.7. The molecule has 2 aromatic heterocycles. The predicted molar refractivity (Wildman–Crippen MR) is 121 cm³/mol. The lowest BCUT2D eigenvalue weighted by Gasteiger charge is -2.19. The van der Waals surface area contributed by atoms with Gasteiger partial charge in [0.05, 0.1) is 11.1 Å². The fraction of sp³-hybridized carbons (Fsp3) is 0.682. The molecule has 0 spiro atoms. The monoisotopic (exact) mass is 433 g/mol. The van der Waals surface area contributed by atoms with E-state index in [1.54, 1.807) is 11.3 Å². The van der Waals surface area contributed by atoms with Crippen LogP contribution in [-0.2, 0) is 17.6 Å². The topological polar surface area (TPSA) is 64.0 Å². The Balaban J connectivity index is 1.67. The van der Waals surface area contributed by atoms with Gasteiger partial charge in [-0.25, -0.2) is 4.98 Å². The summed E-state index contributed by atoms with van der Waals surface area (Å²) in [6.45, 7) is 4.18. The van der Waals surface area contributed by atoms with Gasteiger partial charge in [-0.2, -0.15) is 0 Å². The molecule has 0 aliphatic heterocycles. The highest BCUT2D eigenvalue weighted by atomic mass is 32.2. The third kappa shape index (κ3) is 4.26. The van der Waals surface area contributed by atoms with Gasteiger partial charge in [-0.3, -0.25) is 14.2 Å². The van der Waals surface area contributed by atoms with Gasteiger partial charge in [0.15, 0.2) is 5.16 Å². The van der Waals surface area contributed by atoms with Crippen LogP contribution in [0.25, 0.3) is 10.2 Å². The molecule has 0 radical (unpaired) electrons. The molecule has 1 fully saturated rings. The number of nitrogens with one attached hydrogen (secondary N) is 1. The third-order valence-electron chi connectivity index (χ3n) is 6.36. The summed E-state index contributed by atoms with van der Waals surface area (Å²) in [5.74, 6) is 0.341. The van der Waals surface area contributed by atoms with E-state index < -0.39 is 0 Å². The van der Waals surface area contributed by atoms with Crippen molar-refractivity contribution in [3.8, 4) is 0 Å². The minimum absolute atomic E-state index is 0.0292. The van der Waals surface area contributed by atoms with Gasteiger partial charge in [-0.15, -0.1) is 11.3 Å². The molecule has 158 valence electrons. The molecular formula is C22H31N3O2S2. The van der Waals surface area contributed by atoms with E-state index in [-0.39, 0.29) is 23.6 Å². The summed E-state index contributed by atoms with van der Waals surface area (Å²) in [5.41, 5.74) is 1.38. The lowest BCUT2D eigenvalue weighted by atomic mass is 9.97. The van der Waals surface area contributed by atoms with E-state index in [0.29, 0.717) is 5.75 Å². The maximum atomic E-state index is 13.6. The van der Waals surface area contributed by atoms with Gasteiger partial charge < -0.3 is 5.32 Å². The Morgan fingerprint density at radius 1 is 1.21 bits per heavy atom. The largest absolute Gasteiger partial charge is 0.353 e. The number of hydrogen-bond donors (Lipinski definition) is 1. The minimum Gasteiger partial charge on any atom is -0.353 e. The first-order valence-corrected chi connectivity index (χ1v) is 12.9. The van der Waals surface area contributed by atoms with Gasteiger partial charge in [0, 0.05) is 17.0 Å². The lowest BCUT2D eigenvalue weighted by molar-refractivity contribution is -0.119. The highest BCUT2D eigenvalue weighted by Crippen LogP contribution is 2.37. The SMILES string of the molecule is CCC(CC)NC(=O)CSc1nc2sc3c(c2c(=O)n1C1CCCC1)CCCC3. The van der Waals surface area contributed by atoms with Crippen molar-refractivity contribution in [2.75, 3.05) is 5.75 Å². The Kier molecular flexibility index (Phi) is 6.64. The van der Waals surface area contributed by atoms with Crippen LogP contribution in [0, 0.1) is 0 Å². The third-order valence-corrected chi connectivity index (χ3v) is 8.50. The molecule has 0 saturated heterocycles. The van der Waals surface area contributed by atoms with Crippen LogP contribution < -0.4 is 10.9 Å². The molecule has 1 amide bonds. The molecule has 0 atom stereocenters. The Morgan fingerprint density at radius 3 is 2.66 bits per heavy atom. The second-order valence-corrected chi connectivity index (χ2v) is 10.3. The van der Waals surface area contributed by atoms with Gasteiger partial charge in [0.25, 0.3) is 5.56 Å². The smallest absolute Gasteiger partial charge is 0.263 e. The van der Waals surface area contributed by atoms with Crippen LogP contribution in [0.3, 0.4) is 0 Å². The van der Waals surface area contributed by atoms with Crippen LogP contribution in [0.1, 0.15) is 81.7 Å². The van der Waals surface area contributed by atoms with Crippen molar-refractivity contribution in [3.05, 3.63) is 20.8 Å². The van der Waals surface area contributed by atoms with E-state index >= 15 is 0 Å². The number of nitrogens with zero attached hydrogens (tertiary/aromatic N) is 2. The maximum Gasteiger partial charge on any atom is 0.263 e. The van der Waals surface area contributed by atoms with Crippen molar-refractivity contribution in [1.29, 1.82) is 0 Å². The van der Waals surface area contributed by atoms with Crippen molar-refractivity contribution in [2.45, 2.75) is 95.3 Å². The molecule has 2 aliphatic carbocycles. The molecule has 1 N–H and O–H groups in total. The van der Waals surface area contributed by atoms with E-state index in [4.69, 9.17) is 4.98 Å². The zero-order valence-corrected chi connectivity index (χ0v) is 19.1. The summed E-state index contributed by atoms with van der Waals surface area (Å²) in [7, 11) is 0. The fourth-order valence-corrected chi connectivity index (χ4v) is 6.86. The van der Waals surface area contributed by atoms with Crippen molar-refractivity contribution in [2.24, 2.45) is 0 Å². The molecule has 2 heterocycles. The molecule has 5 nitrogen and oxygen atoms in total. The summed E-state index contributed by atoms with van der Waals surface area (Å²) in [4.78, 5) is 33.2. The highest BCUT2D eigenvalue weighted by molar-refractivity contribution is 7.99. The van der Waals surface area contributed by atoms with Crippen LogP contribution >= 0.6 is 23.1 Å². The van der Waals surface area contributed by atoms with Crippen molar-refractivity contribution in [3.63, 3.8) is 0 Å². The number of fused-ring (bicyclic) bond motifs is 3. The molecule has 0 unspecified atom stereocenters. The molecule has 0 bridgehead atoms. The summed E-state index contributed by atoms with van der Waals surface area (Å²) >= 11 is 3.12. The van der Waals surface area contributed by atoms with Crippen LogP contribution in [-0.4, -0.2) is 27.3 Å². The molecule has 2 aromatic rings. The number of aromatic nitrogens is 2. The molecule has 0 aromatic carbocycles. The van der Waals surface area contributed by atoms with E-state index in [1.165, 1.54) is 28.6 Å². The van der Waals surface area contributed by atoms with Crippen molar-refractivity contribution < 1.29 is 4.79 Å². The molecule has 4 rings (SSSR count). The maximum absolute atomic E-state index is 13.6. The van der Waals surface area contributed by atoms with Crippen LogP contribution in [0.15, 0.2) is 9.95 Å². The Bertz CT molecular complexity index is 940. The Hall–Kier alpha value is -1.34. The zero-order valence-electron chi connectivity index (χ0n) is 17.5. The van der Waals surface area contributed by atoms with E-state index in [0.717, 1.165) is 73.2 Å². The molecule has 7 heteroatoms. The number of thiophene rings is 1. The number of carbonyl (C=O) groups excluding carboxylic acids is 1. The standard InChI is InChI=1S/C22H31N3O2S2/c1-3-14(4-2)23-18(26)13-28-22-24-20-19(16-11-7-8-12-17(16)29-20)21(27)25(22)15-9-5-6-10-15/h14-15H,3-13H2,1-2H3,(H,23,26). The van der Waals surface area contributed by atoms with Gasteiger partial charge in [0.1, 0.15) is 4.83 Å². The van der Waals surface area contributed by atoms with E-state index in [2.05, 4.69) is 19.2 Å². The fourth-order valence-electron chi connectivity index (χ4n) is 4.68. The van der Waals surface area contributed by atoms with Crippen LogP contribution in [0.2, 0.25) is 0 Å². The minimum atomic E-state index is 0.0292. The second-order valence-electron chi connectivity index (χ2n) is 8.27. The molecule has 1 saturated carbocycles. The number of hydrogen-bond acceptors (Lipinski definition) is 5. The van der Waals surface area contributed by atoms with Gasteiger partial charge in [-0.1, -0.05) is 38.5 Å². The average Bonchev–Trinajstić information content (AvgIpc) is 3.38. The normalized spacial score (nSPS) is 17.2. The number of aryl methyl sites for hydroxylation is 2. The number of amides is 1. The Morgan fingerprint density at radius 2 is 1.93 bits per heavy atom. The average molecular weight is 434 g/mol. The molecular weight excluding hydrogens is 402 g/mol. The summed E-state index contributed by atoms with van der Waals surface area (Å²) < 4.78 is 1.94. The number of carbonyl (C=O) groups is 1. The highest BCUT2D eigenvalue weighted by Gasteiger charge is 2.27. The molecule has 29 heavy (non-hydrogen) atoms. The van der Waals surface area contributed by atoms with Crippen LogP contribution in [0.5, 0.6) is 0 Å². The first-order chi connectivity index (χ1) is 14.1. The predicted octanol–water partition coefficient (Wildman–Crippen LogP) is 4.85. The number of thioether (sulfide) groups is 1. The van der Waals surface area contributed by atoms with Gasteiger partial charge in [-0.05, 0) is 56.9 Å². The first-order valence-electron chi connectivity index (χ1n) is 11.1. The van der Waals surface area contributed by atoms with Crippen molar-refractivity contribution in [1.82, 2.24) is 14.9 Å². The van der Waals surface area contributed by atoms with E-state index in [9.17, 15) is 9.59 Å². The summed E-state index contributed by atoms with van der Waals surface area (Å²) in [6, 6.07) is 0.447. The lowest BCUT2D eigenvalue weighted by Crippen LogP contribution is -2.35. The van der Waals surface area contributed by atoms with Gasteiger partial charge in [0.2, 0.25) is 5.91 Å². The van der Waals surface area contributed by atoms with Crippen molar-refractivity contribution >= 4 is 39.2 Å². The summed E-state index contributed by atoms with van der Waals surface area (Å²) in [5, 5.41) is 4.69. The first kappa shape index (κ1) is 20.9. The zero-order chi connectivity index (χ0) is 20.4. The second kappa shape index (κ2) is 9.21. The van der Waals surface area contributed by atoms with E-state index in [1.807, 2.05) is 4.57 Å². The van der Waals surface area contributed by atoms with Crippen LogP contribution in [0.4, 0.5) is 0 Å². The quantitative estimate of drug-likeness (QED) is 0.501. The van der Waals surface area contributed by atoms with Gasteiger partial charge >= 0.3 is 0 Å².